The van der Waals surface area contributed by atoms with Gasteiger partial charge in [0.1, 0.15) is 0 Å². The minimum Gasteiger partial charge on any atom is -0.376 e. The van der Waals surface area contributed by atoms with Gasteiger partial charge < -0.3 is 15.5 Å². The van der Waals surface area contributed by atoms with E-state index in [1.807, 2.05) is 83.8 Å². The van der Waals surface area contributed by atoms with E-state index in [1.165, 1.54) is 0 Å². The molecule has 0 aromatic heterocycles. The van der Waals surface area contributed by atoms with Crippen LogP contribution in [-0.2, 0) is 11.3 Å². The molecule has 2 amide bonds. The van der Waals surface area contributed by atoms with Crippen LogP contribution in [0.3, 0.4) is 0 Å². The third-order valence-corrected chi connectivity index (χ3v) is 5.52. The fourth-order valence-corrected chi connectivity index (χ4v) is 3.69. The lowest BCUT2D eigenvalue weighted by Gasteiger charge is -2.15. The number of likely N-dealkylation sites (tertiary alicyclic amines) is 1. The van der Waals surface area contributed by atoms with Gasteiger partial charge in [-0.15, -0.1) is 0 Å². The number of nitrogens with one attached hydrogen (secondary N) is 2. The molecule has 1 aliphatic rings. The summed E-state index contributed by atoms with van der Waals surface area (Å²) in [5.74, 6) is 6.27. The van der Waals surface area contributed by atoms with E-state index in [-0.39, 0.29) is 18.4 Å². The van der Waals surface area contributed by atoms with Gasteiger partial charge in [-0.05, 0) is 60.9 Å². The van der Waals surface area contributed by atoms with Crippen LogP contribution in [0.4, 0.5) is 5.69 Å². The molecule has 0 spiro atoms. The summed E-state index contributed by atoms with van der Waals surface area (Å²) in [6.45, 7) is 2.26. The van der Waals surface area contributed by atoms with Gasteiger partial charge >= 0.3 is 0 Å². The maximum atomic E-state index is 12.4. The van der Waals surface area contributed by atoms with Crippen molar-refractivity contribution in [3.8, 4) is 11.8 Å². The Morgan fingerprint density at radius 3 is 2.27 bits per heavy atom. The molecule has 5 heteroatoms. The van der Waals surface area contributed by atoms with Crippen molar-refractivity contribution in [2.45, 2.75) is 19.4 Å². The standard InChI is InChI=1S/C28H27N3O2/c32-27(30-20-24-13-15-25(16-14-24)28(33)31-17-4-5-18-31)21-29-26-10-6-9-23(19-26)12-11-22-7-2-1-3-8-22/h1-3,6-10,13-16,19,29H,4-5,17-18,20-21H2,(H,30,32). The number of carbonyl (C=O) groups excluding carboxylic acids is 2. The zero-order valence-corrected chi connectivity index (χ0v) is 18.5. The highest BCUT2D eigenvalue weighted by molar-refractivity contribution is 5.94. The minimum atomic E-state index is -0.104. The summed E-state index contributed by atoms with van der Waals surface area (Å²) >= 11 is 0. The lowest BCUT2D eigenvalue weighted by molar-refractivity contribution is -0.119. The SMILES string of the molecule is O=C(CNc1cccc(C#Cc2ccccc2)c1)NCc1ccc(C(=O)N2CCCC2)cc1. The van der Waals surface area contributed by atoms with E-state index in [0.717, 1.165) is 48.3 Å². The summed E-state index contributed by atoms with van der Waals surface area (Å²) in [4.78, 5) is 26.6. The van der Waals surface area contributed by atoms with E-state index < -0.39 is 0 Å². The minimum absolute atomic E-state index is 0.0861. The van der Waals surface area contributed by atoms with Crippen molar-refractivity contribution in [1.29, 1.82) is 0 Å². The van der Waals surface area contributed by atoms with Gasteiger partial charge in [-0.3, -0.25) is 9.59 Å². The van der Waals surface area contributed by atoms with Crippen LogP contribution in [0.15, 0.2) is 78.9 Å². The topological polar surface area (TPSA) is 61.4 Å². The summed E-state index contributed by atoms with van der Waals surface area (Å²) in [6, 6.07) is 25.0. The number of carbonyl (C=O) groups is 2. The number of hydrogen-bond donors (Lipinski definition) is 2. The number of nitrogens with zero attached hydrogens (tertiary/aromatic N) is 1. The van der Waals surface area contributed by atoms with Crippen LogP contribution >= 0.6 is 0 Å². The van der Waals surface area contributed by atoms with Gasteiger partial charge in [0.2, 0.25) is 5.91 Å². The third kappa shape index (κ3) is 6.47. The van der Waals surface area contributed by atoms with Gasteiger partial charge in [0.25, 0.3) is 5.91 Å². The van der Waals surface area contributed by atoms with Crippen molar-refractivity contribution < 1.29 is 9.59 Å². The molecule has 0 unspecified atom stereocenters. The van der Waals surface area contributed by atoms with Crippen molar-refractivity contribution in [2.24, 2.45) is 0 Å². The first-order valence-corrected chi connectivity index (χ1v) is 11.2. The van der Waals surface area contributed by atoms with E-state index in [2.05, 4.69) is 22.5 Å². The Morgan fingerprint density at radius 2 is 1.52 bits per heavy atom. The molecule has 1 saturated heterocycles. The summed E-state index contributed by atoms with van der Waals surface area (Å²) in [5, 5.41) is 6.05. The highest BCUT2D eigenvalue weighted by atomic mass is 16.2. The van der Waals surface area contributed by atoms with E-state index in [1.54, 1.807) is 0 Å². The van der Waals surface area contributed by atoms with Crippen molar-refractivity contribution in [3.63, 3.8) is 0 Å². The number of rotatable bonds is 6. The molecule has 0 aliphatic carbocycles. The molecule has 166 valence electrons. The second-order valence-electron chi connectivity index (χ2n) is 8.02. The van der Waals surface area contributed by atoms with Crippen molar-refractivity contribution in [3.05, 3.63) is 101 Å². The van der Waals surface area contributed by atoms with Gasteiger partial charge in [-0.2, -0.15) is 0 Å². The molecular formula is C28H27N3O2. The van der Waals surface area contributed by atoms with Crippen LogP contribution < -0.4 is 10.6 Å². The summed E-state index contributed by atoms with van der Waals surface area (Å²) in [6.07, 6.45) is 2.16. The lowest BCUT2D eigenvalue weighted by atomic mass is 10.1. The normalized spacial score (nSPS) is 12.5. The third-order valence-electron chi connectivity index (χ3n) is 5.52. The predicted octanol–water partition coefficient (Wildman–Crippen LogP) is 4.05. The molecular weight excluding hydrogens is 410 g/mol. The molecule has 33 heavy (non-hydrogen) atoms. The number of hydrogen-bond acceptors (Lipinski definition) is 3. The first-order valence-electron chi connectivity index (χ1n) is 11.2. The molecule has 0 radical (unpaired) electrons. The van der Waals surface area contributed by atoms with Gasteiger partial charge in [-0.25, -0.2) is 0 Å². The first kappa shape index (κ1) is 22.2. The van der Waals surface area contributed by atoms with E-state index in [0.29, 0.717) is 12.1 Å². The van der Waals surface area contributed by atoms with Gasteiger partial charge in [0.05, 0.1) is 6.54 Å². The fraction of sp³-hybridized carbons (Fsp3) is 0.214. The lowest BCUT2D eigenvalue weighted by Crippen LogP contribution is -2.29. The van der Waals surface area contributed by atoms with E-state index >= 15 is 0 Å². The molecule has 3 aromatic carbocycles. The van der Waals surface area contributed by atoms with Gasteiger partial charge in [-0.1, -0.05) is 48.2 Å². The maximum Gasteiger partial charge on any atom is 0.253 e. The highest BCUT2D eigenvalue weighted by Gasteiger charge is 2.19. The Bertz CT molecular complexity index is 1150. The van der Waals surface area contributed by atoms with E-state index in [9.17, 15) is 9.59 Å². The summed E-state index contributed by atoms with van der Waals surface area (Å²) in [7, 11) is 0. The average Bonchev–Trinajstić information content (AvgIpc) is 3.41. The summed E-state index contributed by atoms with van der Waals surface area (Å²) < 4.78 is 0. The van der Waals surface area contributed by atoms with Crippen LogP contribution in [-0.4, -0.2) is 36.3 Å². The number of benzene rings is 3. The van der Waals surface area contributed by atoms with E-state index in [4.69, 9.17) is 0 Å². The molecule has 1 fully saturated rings. The Kier molecular flexibility index (Phi) is 7.40. The Labute approximate surface area is 194 Å². The van der Waals surface area contributed by atoms with Gasteiger partial charge in [0.15, 0.2) is 0 Å². The van der Waals surface area contributed by atoms with Crippen LogP contribution in [0.2, 0.25) is 0 Å². The monoisotopic (exact) mass is 437 g/mol. The average molecular weight is 438 g/mol. The van der Waals surface area contributed by atoms with Crippen LogP contribution in [0.25, 0.3) is 0 Å². The molecule has 0 saturated carbocycles. The molecule has 5 nitrogen and oxygen atoms in total. The van der Waals surface area contributed by atoms with Crippen LogP contribution in [0.1, 0.15) is 39.9 Å². The summed E-state index contributed by atoms with van der Waals surface area (Å²) in [5.41, 5.74) is 4.34. The Balaban J connectivity index is 1.24. The quantitative estimate of drug-likeness (QED) is 0.572. The molecule has 4 rings (SSSR count). The largest absolute Gasteiger partial charge is 0.376 e. The maximum absolute atomic E-state index is 12.4. The molecule has 2 N–H and O–H groups in total. The predicted molar refractivity (Wildman–Crippen MR) is 131 cm³/mol. The molecule has 0 atom stereocenters. The fourth-order valence-electron chi connectivity index (χ4n) is 3.69. The number of anilines is 1. The molecule has 1 aliphatic heterocycles. The molecule has 1 heterocycles. The second kappa shape index (κ2) is 11.0. The highest BCUT2D eigenvalue weighted by Crippen LogP contribution is 2.14. The number of amides is 2. The zero-order chi connectivity index (χ0) is 22.9. The van der Waals surface area contributed by atoms with Crippen molar-refractivity contribution in [2.75, 3.05) is 25.0 Å². The smallest absolute Gasteiger partial charge is 0.253 e. The second-order valence-corrected chi connectivity index (χ2v) is 8.02. The Morgan fingerprint density at radius 1 is 0.818 bits per heavy atom. The van der Waals surface area contributed by atoms with Crippen molar-refractivity contribution >= 4 is 17.5 Å². The molecule has 3 aromatic rings. The zero-order valence-electron chi connectivity index (χ0n) is 18.5. The van der Waals surface area contributed by atoms with Crippen LogP contribution in [0, 0.1) is 11.8 Å². The Hall–Kier alpha value is -4.04. The van der Waals surface area contributed by atoms with Gasteiger partial charge in [0, 0.05) is 42.0 Å². The molecule has 0 bridgehead atoms. The first-order chi connectivity index (χ1) is 16.2. The van der Waals surface area contributed by atoms with Crippen molar-refractivity contribution in [1.82, 2.24) is 10.2 Å². The van der Waals surface area contributed by atoms with Crippen LogP contribution in [0.5, 0.6) is 0 Å².